The zero-order valence-electron chi connectivity index (χ0n) is 11.9. The highest BCUT2D eigenvalue weighted by atomic mass is 28.4. The Morgan fingerprint density at radius 1 is 1.17 bits per heavy atom. The van der Waals surface area contributed by atoms with Gasteiger partial charge < -0.3 is 4.43 Å². The molecule has 0 fully saturated rings. The van der Waals surface area contributed by atoms with Gasteiger partial charge >= 0.3 is 5.97 Å². The molecule has 0 saturated carbocycles. The van der Waals surface area contributed by atoms with E-state index in [0.29, 0.717) is 0 Å². The molecule has 0 unspecified atom stereocenters. The van der Waals surface area contributed by atoms with E-state index >= 15 is 0 Å². The first-order chi connectivity index (χ1) is 8.22. The van der Waals surface area contributed by atoms with Crippen molar-refractivity contribution in [1.82, 2.24) is 0 Å². The number of hydrogen-bond acceptors (Lipinski definition) is 2. The van der Waals surface area contributed by atoms with Crippen LogP contribution in [-0.2, 0) is 9.22 Å². The van der Waals surface area contributed by atoms with Crippen molar-refractivity contribution < 1.29 is 9.22 Å². The minimum atomic E-state index is -2.01. The summed E-state index contributed by atoms with van der Waals surface area (Å²) in [5.74, 6) is -0.245. The Bertz CT molecular complexity index is 428. The summed E-state index contributed by atoms with van der Waals surface area (Å²) in [6.07, 6.45) is 3.30. The molecule has 1 aromatic carbocycles. The van der Waals surface area contributed by atoms with Crippen LogP contribution in [0.3, 0.4) is 0 Å². The summed E-state index contributed by atoms with van der Waals surface area (Å²) in [5.41, 5.74) is 1.00. The van der Waals surface area contributed by atoms with Crippen LogP contribution in [-0.4, -0.2) is 14.3 Å². The van der Waals surface area contributed by atoms with E-state index in [1.165, 1.54) is 6.08 Å². The van der Waals surface area contributed by atoms with Crippen molar-refractivity contribution >= 4 is 20.4 Å². The van der Waals surface area contributed by atoms with Gasteiger partial charge in [-0.3, -0.25) is 0 Å². The zero-order chi connectivity index (χ0) is 13.8. The van der Waals surface area contributed by atoms with E-state index in [9.17, 15) is 4.79 Å². The molecule has 0 radical (unpaired) electrons. The molecule has 1 rings (SSSR count). The predicted octanol–water partition coefficient (Wildman–Crippen LogP) is 4.25. The van der Waals surface area contributed by atoms with Crippen LogP contribution in [0, 0.1) is 0 Å². The third kappa shape index (κ3) is 4.15. The fourth-order valence-electron chi connectivity index (χ4n) is 1.17. The maximum Gasteiger partial charge on any atom is 0.317 e. The molecular weight excluding hydrogens is 240 g/mol. The average molecular weight is 262 g/mol. The largest absolute Gasteiger partial charge is 0.516 e. The lowest BCUT2D eigenvalue weighted by Crippen LogP contribution is -2.42. The first-order valence-electron chi connectivity index (χ1n) is 6.18. The van der Waals surface area contributed by atoms with Crippen molar-refractivity contribution in [2.45, 2.75) is 38.9 Å². The standard InChI is InChI=1S/C15H22O2Si/c1-15(2,3)18(4,5)17-14(16)12-11-13-9-7-6-8-10-13/h6-12H,1-5H3/b12-11+. The molecule has 0 aliphatic heterocycles. The number of carbonyl (C=O) groups excluding carboxylic acids is 1. The topological polar surface area (TPSA) is 26.3 Å². The Kier molecular flexibility index (Phi) is 4.51. The number of rotatable bonds is 3. The predicted molar refractivity (Wildman–Crippen MR) is 78.8 cm³/mol. The summed E-state index contributed by atoms with van der Waals surface area (Å²) in [4.78, 5) is 11.8. The molecule has 0 aliphatic carbocycles. The summed E-state index contributed by atoms with van der Waals surface area (Å²) in [6, 6.07) is 9.75. The number of benzene rings is 1. The molecule has 18 heavy (non-hydrogen) atoms. The van der Waals surface area contributed by atoms with Gasteiger partial charge in [0.1, 0.15) is 0 Å². The lowest BCUT2D eigenvalue weighted by atomic mass is 10.2. The molecule has 2 nitrogen and oxygen atoms in total. The molecule has 1 aromatic rings. The average Bonchev–Trinajstić information content (AvgIpc) is 2.26. The Hall–Kier alpha value is -1.35. The van der Waals surface area contributed by atoms with Gasteiger partial charge in [-0.15, -0.1) is 0 Å². The second-order valence-corrected chi connectivity index (χ2v) is 10.7. The lowest BCUT2D eigenvalue weighted by molar-refractivity contribution is -0.129. The molecule has 0 N–H and O–H groups in total. The van der Waals surface area contributed by atoms with Crippen LogP contribution in [0.1, 0.15) is 26.3 Å². The Labute approximate surface area is 111 Å². The van der Waals surface area contributed by atoms with Crippen molar-refractivity contribution in [2.24, 2.45) is 0 Å². The van der Waals surface area contributed by atoms with E-state index in [0.717, 1.165) is 5.56 Å². The van der Waals surface area contributed by atoms with Crippen LogP contribution in [0.15, 0.2) is 36.4 Å². The first kappa shape index (κ1) is 14.7. The van der Waals surface area contributed by atoms with Crippen molar-refractivity contribution in [3.05, 3.63) is 42.0 Å². The summed E-state index contributed by atoms with van der Waals surface area (Å²) in [5, 5.41) is 0.0449. The molecule has 0 saturated heterocycles. The number of carbonyl (C=O) groups is 1. The Morgan fingerprint density at radius 3 is 2.22 bits per heavy atom. The maximum absolute atomic E-state index is 11.8. The minimum absolute atomic E-state index is 0.0449. The van der Waals surface area contributed by atoms with E-state index in [1.807, 2.05) is 30.3 Å². The molecular formula is C15H22O2Si. The summed E-state index contributed by atoms with van der Waals surface area (Å²) in [6.45, 7) is 10.5. The third-order valence-corrected chi connectivity index (χ3v) is 7.70. The van der Waals surface area contributed by atoms with Crippen LogP contribution in [0.25, 0.3) is 6.08 Å². The maximum atomic E-state index is 11.8. The molecule has 0 amide bonds. The zero-order valence-corrected chi connectivity index (χ0v) is 12.9. The SMILES string of the molecule is CC(C)(C)[Si](C)(C)OC(=O)/C=C/c1ccccc1. The first-order valence-corrected chi connectivity index (χ1v) is 9.09. The molecule has 0 aromatic heterocycles. The summed E-state index contributed by atoms with van der Waals surface area (Å²) >= 11 is 0. The van der Waals surface area contributed by atoms with E-state index in [1.54, 1.807) is 6.08 Å². The van der Waals surface area contributed by atoms with Crippen LogP contribution >= 0.6 is 0 Å². The van der Waals surface area contributed by atoms with Gasteiger partial charge in [0.15, 0.2) is 0 Å². The van der Waals surface area contributed by atoms with E-state index < -0.39 is 8.32 Å². The van der Waals surface area contributed by atoms with Crippen LogP contribution < -0.4 is 0 Å². The summed E-state index contributed by atoms with van der Waals surface area (Å²) < 4.78 is 5.64. The highest BCUT2D eigenvalue weighted by molar-refractivity contribution is 6.75. The molecule has 0 bridgehead atoms. The fourth-order valence-corrected chi connectivity index (χ4v) is 2.04. The van der Waals surface area contributed by atoms with Crippen molar-refractivity contribution in [3.8, 4) is 0 Å². The molecule has 0 heterocycles. The normalized spacial score (nSPS) is 12.7. The van der Waals surface area contributed by atoms with E-state index in [4.69, 9.17) is 4.43 Å². The molecule has 3 heteroatoms. The van der Waals surface area contributed by atoms with Gasteiger partial charge in [-0.05, 0) is 29.8 Å². The summed E-state index contributed by atoms with van der Waals surface area (Å²) in [7, 11) is -2.01. The van der Waals surface area contributed by atoms with Crippen molar-refractivity contribution in [2.75, 3.05) is 0 Å². The second kappa shape index (κ2) is 5.53. The van der Waals surface area contributed by atoms with Gasteiger partial charge in [-0.2, -0.15) is 0 Å². The number of hydrogen-bond donors (Lipinski definition) is 0. The monoisotopic (exact) mass is 262 g/mol. The van der Waals surface area contributed by atoms with Gasteiger partial charge in [0, 0.05) is 6.08 Å². The van der Waals surface area contributed by atoms with E-state index in [-0.39, 0.29) is 11.0 Å². The van der Waals surface area contributed by atoms with Gasteiger partial charge in [0.25, 0.3) is 8.32 Å². The van der Waals surface area contributed by atoms with Crippen molar-refractivity contribution in [3.63, 3.8) is 0 Å². The minimum Gasteiger partial charge on any atom is -0.516 e. The van der Waals surface area contributed by atoms with E-state index in [2.05, 4.69) is 33.9 Å². The van der Waals surface area contributed by atoms with Gasteiger partial charge in [-0.25, -0.2) is 4.79 Å². The molecule has 98 valence electrons. The van der Waals surface area contributed by atoms with Gasteiger partial charge in [-0.1, -0.05) is 51.1 Å². The smallest absolute Gasteiger partial charge is 0.317 e. The molecule has 0 spiro atoms. The Morgan fingerprint density at radius 2 is 1.72 bits per heavy atom. The quantitative estimate of drug-likeness (QED) is 0.601. The Balaban J connectivity index is 2.66. The van der Waals surface area contributed by atoms with Crippen LogP contribution in [0.4, 0.5) is 0 Å². The molecule has 0 aliphatic rings. The lowest BCUT2D eigenvalue weighted by Gasteiger charge is -2.34. The van der Waals surface area contributed by atoms with Crippen LogP contribution in [0.5, 0.6) is 0 Å². The van der Waals surface area contributed by atoms with Crippen LogP contribution in [0.2, 0.25) is 18.1 Å². The molecule has 0 atom stereocenters. The van der Waals surface area contributed by atoms with Gasteiger partial charge in [0.2, 0.25) is 0 Å². The van der Waals surface area contributed by atoms with Gasteiger partial charge in [0.05, 0.1) is 0 Å². The fraction of sp³-hybridized carbons (Fsp3) is 0.400. The highest BCUT2D eigenvalue weighted by Gasteiger charge is 2.39. The van der Waals surface area contributed by atoms with Crippen molar-refractivity contribution in [1.29, 1.82) is 0 Å². The second-order valence-electron chi connectivity index (χ2n) is 5.93. The third-order valence-electron chi connectivity index (χ3n) is 3.37. The highest BCUT2D eigenvalue weighted by Crippen LogP contribution is 2.36.